The van der Waals surface area contributed by atoms with E-state index in [2.05, 4.69) is 5.32 Å². The zero-order valence-corrected chi connectivity index (χ0v) is 13.3. The Labute approximate surface area is 140 Å². The van der Waals surface area contributed by atoms with Gasteiger partial charge in [0.15, 0.2) is 11.5 Å². The highest BCUT2D eigenvalue weighted by Crippen LogP contribution is 2.27. The summed E-state index contributed by atoms with van der Waals surface area (Å²) in [6.45, 7) is 0.440. The first kappa shape index (κ1) is 17.1. The number of ether oxygens (including phenoxy) is 1. The Morgan fingerprint density at radius 1 is 1.29 bits per heavy atom. The summed E-state index contributed by atoms with van der Waals surface area (Å²) in [5.74, 6) is -0.158. The van der Waals surface area contributed by atoms with Crippen molar-refractivity contribution in [3.8, 4) is 17.6 Å². The molecule has 0 aromatic heterocycles. The standard InChI is InChI=1S/C19H18N2O3/c1-24-18-8-7-15(12-17(18)22)11-16(13-20)19(23)21-10-9-14-5-3-2-4-6-14/h2-8,11-12,22H,9-10H2,1H3,(H,21,23)/b16-11+. The second-order valence-corrected chi connectivity index (χ2v) is 5.09. The molecule has 0 radical (unpaired) electrons. The van der Waals surface area contributed by atoms with Crippen molar-refractivity contribution >= 4 is 12.0 Å². The van der Waals surface area contributed by atoms with E-state index in [-0.39, 0.29) is 11.3 Å². The first-order valence-corrected chi connectivity index (χ1v) is 7.45. The Hall–Kier alpha value is -3.26. The smallest absolute Gasteiger partial charge is 0.261 e. The van der Waals surface area contributed by atoms with Gasteiger partial charge in [0.1, 0.15) is 11.6 Å². The summed E-state index contributed by atoms with van der Waals surface area (Å²) in [5, 5.41) is 21.6. The van der Waals surface area contributed by atoms with Crippen molar-refractivity contribution in [2.75, 3.05) is 13.7 Å². The van der Waals surface area contributed by atoms with Gasteiger partial charge in [-0.25, -0.2) is 0 Å². The van der Waals surface area contributed by atoms with Gasteiger partial charge in [-0.1, -0.05) is 36.4 Å². The van der Waals surface area contributed by atoms with Crippen molar-refractivity contribution < 1.29 is 14.6 Å². The van der Waals surface area contributed by atoms with Gasteiger partial charge in [0.05, 0.1) is 7.11 Å². The molecule has 5 nitrogen and oxygen atoms in total. The molecular weight excluding hydrogens is 304 g/mol. The maximum absolute atomic E-state index is 12.1. The molecule has 1 amide bonds. The monoisotopic (exact) mass is 322 g/mol. The van der Waals surface area contributed by atoms with Crippen molar-refractivity contribution in [1.29, 1.82) is 5.26 Å². The lowest BCUT2D eigenvalue weighted by Gasteiger charge is -2.06. The lowest BCUT2D eigenvalue weighted by atomic mass is 10.1. The van der Waals surface area contributed by atoms with Gasteiger partial charge >= 0.3 is 0 Å². The molecule has 24 heavy (non-hydrogen) atoms. The van der Waals surface area contributed by atoms with E-state index in [1.807, 2.05) is 36.4 Å². The number of benzene rings is 2. The summed E-state index contributed by atoms with van der Waals surface area (Å²) >= 11 is 0. The van der Waals surface area contributed by atoms with Crippen LogP contribution in [-0.4, -0.2) is 24.7 Å². The lowest BCUT2D eigenvalue weighted by Crippen LogP contribution is -2.26. The quantitative estimate of drug-likeness (QED) is 0.633. The first-order valence-electron chi connectivity index (χ1n) is 7.45. The predicted molar refractivity (Wildman–Crippen MR) is 91.4 cm³/mol. The van der Waals surface area contributed by atoms with Crippen LogP contribution in [0.4, 0.5) is 0 Å². The number of nitrogens with one attached hydrogen (secondary N) is 1. The highest BCUT2D eigenvalue weighted by molar-refractivity contribution is 6.01. The van der Waals surface area contributed by atoms with Crippen LogP contribution in [0.2, 0.25) is 0 Å². The van der Waals surface area contributed by atoms with Crippen molar-refractivity contribution in [3.05, 3.63) is 65.2 Å². The number of hydrogen-bond donors (Lipinski definition) is 2. The summed E-state index contributed by atoms with van der Waals surface area (Å²) in [7, 11) is 1.45. The van der Waals surface area contributed by atoms with E-state index in [0.717, 1.165) is 5.56 Å². The van der Waals surface area contributed by atoms with Crippen LogP contribution in [0.5, 0.6) is 11.5 Å². The fraction of sp³-hybridized carbons (Fsp3) is 0.158. The number of carbonyl (C=O) groups is 1. The van der Waals surface area contributed by atoms with Crippen molar-refractivity contribution in [2.45, 2.75) is 6.42 Å². The maximum Gasteiger partial charge on any atom is 0.261 e. The molecule has 0 saturated heterocycles. The zero-order chi connectivity index (χ0) is 17.4. The second-order valence-electron chi connectivity index (χ2n) is 5.09. The molecule has 122 valence electrons. The summed E-state index contributed by atoms with van der Waals surface area (Å²) < 4.78 is 4.96. The Morgan fingerprint density at radius 3 is 2.67 bits per heavy atom. The molecule has 5 heteroatoms. The van der Waals surface area contributed by atoms with Crippen LogP contribution in [0.3, 0.4) is 0 Å². The third-order valence-electron chi connectivity index (χ3n) is 3.42. The van der Waals surface area contributed by atoms with Crippen LogP contribution >= 0.6 is 0 Å². The molecule has 0 atom stereocenters. The minimum Gasteiger partial charge on any atom is -0.504 e. The Bertz CT molecular complexity index is 777. The van der Waals surface area contributed by atoms with Gasteiger partial charge in [0.2, 0.25) is 0 Å². The van der Waals surface area contributed by atoms with Gasteiger partial charge in [0.25, 0.3) is 5.91 Å². The number of nitriles is 1. The number of nitrogens with zero attached hydrogens (tertiary/aromatic N) is 1. The molecule has 0 aliphatic rings. The van der Waals surface area contributed by atoms with Crippen LogP contribution < -0.4 is 10.1 Å². The zero-order valence-electron chi connectivity index (χ0n) is 13.3. The Balaban J connectivity index is 2.00. The molecule has 0 bridgehead atoms. The van der Waals surface area contributed by atoms with E-state index in [1.165, 1.54) is 19.3 Å². The van der Waals surface area contributed by atoms with E-state index in [1.54, 1.807) is 12.1 Å². The number of phenols is 1. The largest absolute Gasteiger partial charge is 0.504 e. The number of methoxy groups -OCH3 is 1. The number of phenolic OH excluding ortho intramolecular Hbond substituents is 1. The molecule has 2 N–H and O–H groups in total. The van der Waals surface area contributed by atoms with E-state index >= 15 is 0 Å². The van der Waals surface area contributed by atoms with Crippen LogP contribution in [0.15, 0.2) is 54.1 Å². The number of hydrogen-bond acceptors (Lipinski definition) is 4. The molecule has 2 rings (SSSR count). The lowest BCUT2D eigenvalue weighted by molar-refractivity contribution is -0.117. The fourth-order valence-corrected chi connectivity index (χ4v) is 2.17. The molecule has 2 aromatic rings. The normalized spacial score (nSPS) is 10.8. The highest BCUT2D eigenvalue weighted by Gasteiger charge is 2.09. The van der Waals surface area contributed by atoms with Crippen LogP contribution in [0, 0.1) is 11.3 Å². The summed E-state index contributed by atoms with van der Waals surface area (Å²) in [4.78, 5) is 12.1. The minimum absolute atomic E-state index is 0.0207. The molecule has 0 heterocycles. The topological polar surface area (TPSA) is 82.3 Å². The summed E-state index contributed by atoms with van der Waals surface area (Å²) in [5.41, 5.74) is 1.64. The van der Waals surface area contributed by atoms with Crippen molar-refractivity contribution in [1.82, 2.24) is 5.32 Å². The van der Waals surface area contributed by atoms with Gasteiger partial charge in [-0.2, -0.15) is 5.26 Å². The molecule has 0 saturated carbocycles. The average molecular weight is 322 g/mol. The van der Waals surface area contributed by atoms with Gasteiger partial charge in [-0.15, -0.1) is 0 Å². The van der Waals surface area contributed by atoms with E-state index < -0.39 is 5.91 Å². The number of aromatic hydroxyl groups is 1. The summed E-state index contributed by atoms with van der Waals surface area (Å²) in [6.07, 6.45) is 2.12. The van der Waals surface area contributed by atoms with Gasteiger partial charge in [-0.05, 0) is 35.8 Å². The first-order chi connectivity index (χ1) is 11.6. The Kier molecular flexibility index (Phi) is 5.98. The van der Waals surface area contributed by atoms with Crippen molar-refractivity contribution in [2.24, 2.45) is 0 Å². The molecule has 2 aromatic carbocycles. The van der Waals surface area contributed by atoms with Crippen LogP contribution in [0.1, 0.15) is 11.1 Å². The highest BCUT2D eigenvalue weighted by atomic mass is 16.5. The minimum atomic E-state index is -0.441. The summed E-state index contributed by atoms with van der Waals surface area (Å²) in [6, 6.07) is 16.3. The molecular formula is C19H18N2O3. The van der Waals surface area contributed by atoms with E-state index in [4.69, 9.17) is 4.74 Å². The molecule has 0 fully saturated rings. The SMILES string of the molecule is COc1ccc(/C=C(\C#N)C(=O)NCCc2ccccc2)cc1O. The number of amides is 1. The van der Waals surface area contributed by atoms with Crippen LogP contribution in [-0.2, 0) is 11.2 Å². The van der Waals surface area contributed by atoms with E-state index in [0.29, 0.717) is 24.3 Å². The van der Waals surface area contributed by atoms with Gasteiger partial charge < -0.3 is 15.2 Å². The number of carbonyl (C=O) groups excluding carboxylic acids is 1. The average Bonchev–Trinajstić information content (AvgIpc) is 2.60. The molecule has 0 aliphatic carbocycles. The third kappa shape index (κ3) is 4.62. The van der Waals surface area contributed by atoms with Gasteiger partial charge in [-0.3, -0.25) is 4.79 Å². The second kappa shape index (κ2) is 8.39. The van der Waals surface area contributed by atoms with Crippen molar-refractivity contribution in [3.63, 3.8) is 0 Å². The Morgan fingerprint density at radius 2 is 2.04 bits per heavy atom. The van der Waals surface area contributed by atoms with Gasteiger partial charge in [0, 0.05) is 6.54 Å². The number of rotatable bonds is 6. The molecule has 0 unspecified atom stereocenters. The predicted octanol–water partition coefficient (Wildman–Crippen LogP) is 2.67. The third-order valence-corrected chi connectivity index (χ3v) is 3.42. The molecule has 0 spiro atoms. The molecule has 0 aliphatic heterocycles. The van der Waals surface area contributed by atoms with Crippen LogP contribution in [0.25, 0.3) is 6.08 Å². The maximum atomic E-state index is 12.1. The fourth-order valence-electron chi connectivity index (χ4n) is 2.17. The van der Waals surface area contributed by atoms with E-state index in [9.17, 15) is 15.2 Å².